The van der Waals surface area contributed by atoms with Crippen LogP contribution in [0, 0.1) is 5.92 Å². The normalized spacial score (nSPS) is 16.9. The van der Waals surface area contributed by atoms with Crippen LogP contribution < -0.4 is 5.32 Å². The Balaban J connectivity index is 2.00. The first-order chi connectivity index (χ1) is 14.1. The van der Waals surface area contributed by atoms with Crippen LogP contribution in [0.1, 0.15) is 60.5 Å². The maximum absolute atomic E-state index is 13.5. The van der Waals surface area contributed by atoms with Gasteiger partial charge in [-0.3, -0.25) is 9.78 Å². The Morgan fingerprint density at radius 2 is 1.57 bits per heavy atom. The van der Waals surface area contributed by atoms with Crippen molar-refractivity contribution in [3.8, 4) is 0 Å². The molecule has 1 aliphatic rings. The van der Waals surface area contributed by atoms with Crippen LogP contribution in [0.2, 0.25) is 0 Å². The van der Waals surface area contributed by atoms with Crippen LogP contribution in [0.3, 0.4) is 0 Å². The number of alkyl halides is 6. The molecule has 0 spiro atoms. The molecule has 0 aliphatic heterocycles. The SMILES string of the molecule is O=C(N[C@@H](c1ccc(C(F)(F)F)cc1)c1ncccc1C(F)(F)F)C1CCCCC1. The van der Waals surface area contributed by atoms with Gasteiger partial charge in [-0.05, 0) is 42.7 Å². The van der Waals surface area contributed by atoms with E-state index in [0.717, 1.165) is 61.9 Å². The lowest BCUT2D eigenvalue weighted by Crippen LogP contribution is -2.36. The molecule has 1 aromatic carbocycles. The minimum atomic E-state index is -4.73. The topological polar surface area (TPSA) is 42.0 Å². The highest BCUT2D eigenvalue weighted by Crippen LogP contribution is 2.37. The molecule has 1 atom stereocenters. The van der Waals surface area contributed by atoms with Crippen molar-refractivity contribution in [3.05, 3.63) is 65.0 Å². The van der Waals surface area contributed by atoms with Crippen molar-refractivity contribution in [3.63, 3.8) is 0 Å². The first kappa shape index (κ1) is 22.1. The molecule has 0 radical (unpaired) electrons. The second-order valence-electron chi connectivity index (χ2n) is 7.33. The lowest BCUT2D eigenvalue weighted by atomic mass is 9.88. The molecule has 1 saturated carbocycles. The zero-order valence-corrected chi connectivity index (χ0v) is 15.9. The van der Waals surface area contributed by atoms with Crippen LogP contribution in [0.4, 0.5) is 26.3 Å². The van der Waals surface area contributed by atoms with Gasteiger partial charge in [-0.25, -0.2) is 0 Å². The second-order valence-corrected chi connectivity index (χ2v) is 7.33. The molecule has 1 aliphatic carbocycles. The van der Waals surface area contributed by atoms with Crippen molar-refractivity contribution in [2.24, 2.45) is 5.92 Å². The summed E-state index contributed by atoms with van der Waals surface area (Å²) in [6.07, 6.45) is -4.22. The van der Waals surface area contributed by atoms with Gasteiger partial charge in [-0.15, -0.1) is 0 Å². The highest BCUT2D eigenvalue weighted by Gasteiger charge is 2.38. The summed E-state index contributed by atoms with van der Waals surface area (Å²) in [6.45, 7) is 0. The standard InChI is InChI=1S/C21H20F6N2O/c22-20(23,24)15-10-8-13(9-11-15)17(29-19(30)14-5-2-1-3-6-14)18-16(21(25,26)27)7-4-12-28-18/h4,7-12,14,17H,1-3,5-6H2,(H,29,30)/t17-/m0/s1. The molecule has 1 aromatic heterocycles. The molecule has 3 rings (SSSR count). The number of carbonyl (C=O) groups is 1. The molecule has 3 nitrogen and oxygen atoms in total. The van der Waals surface area contributed by atoms with Gasteiger partial charge in [0.05, 0.1) is 22.9 Å². The lowest BCUT2D eigenvalue weighted by Gasteiger charge is -2.26. The number of carbonyl (C=O) groups excluding carboxylic acids is 1. The van der Waals surface area contributed by atoms with Crippen molar-refractivity contribution in [2.75, 3.05) is 0 Å². The fourth-order valence-electron chi connectivity index (χ4n) is 3.69. The molecule has 1 amide bonds. The molecule has 30 heavy (non-hydrogen) atoms. The Labute approximate surface area is 169 Å². The summed E-state index contributed by atoms with van der Waals surface area (Å²) >= 11 is 0. The van der Waals surface area contributed by atoms with Gasteiger partial charge in [-0.2, -0.15) is 26.3 Å². The quantitative estimate of drug-likeness (QED) is 0.614. The molecular formula is C21H20F6N2O. The Bertz CT molecular complexity index is 870. The van der Waals surface area contributed by atoms with E-state index in [2.05, 4.69) is 10.3 Å². The monoisotopic (exact) mass is 430 g/mol. The summed E-state index contributed by atoms with van der Waals surface area (Å²) in [7, 11) is 0. The smallest absolute Gasteiger partial charge is 0.343 e. The van der Waals surface area contributed by atoms with Crippen LogP contribution in [-0.4, -0.2) is 10.9 Å². The third-order valence-corrected chi connectivity index (χ3v) is 5.25. The minimum Gasteiger partial charge on any atom is -0.343 e. The number of pyridine rings is 1. The zero-order chi connectivity index (χ0) is 21.9. The van der Waals surface area contributed by atoms with Gasteiger partial charge in [0.15, 0.2) is 0 Å². The van der Waals surface area contributed by atoms with Crippen molar-refractivity contribution in [1.82, 2.24) is 10.3 Å². The molecule has 0 saturated heterocycles. The van der Waals surface area contributed by atoms with Crippen molar-refractivity contribution < 1.29 is 31.1 Å². The van der Waals surface area contributed by atoms with Gasteiger partial charge >= 0.3 is 12.4 Å². The number of halogens is 6. The Kier molecular flexibility index (Phi) is 6.38. The van der Waals surface area contributed by atoms with Gasteiger partial charge in [0, 0.05) is 12.1 Å². The van der Waals surface area contributed by atoms with Gasteiger partial charge in [0.1, 0.15) is 0 Å². The highest BCUT2D eigenvalue weighted by atomic mass is 19.4. The Morgan fingerprint density at radius 1 is 0.933 bits per heavy atom. The molecular weight excluding hydrogens is 410 g/mol. The number of aromatic nitrogens is 1. The van der Waals surface area contributed by atoms with E-state index in [-0.39, 0.29) is 11.5 Å². The van der Waals surface area contributed by atoms with E-state index in [4.69, 9.17) is 0 Å². The van der Waals surface area contributed by atoms with Crippen LogP contribution in [0.25, 0.3) is 0 Å². The number of benzene rings is 1. The maximum Gasteiger partial charge on any atom is 0.418 e. The molecule has 0 bridgehead atoms. The van der Waals surface area contributed by atoms with E-state index in [1.165, 1.54) is 0 Å². The van der Waals surface area contributed by atoms with Gasteiger partial charge in [-0.1, -0.05) is 31.4 Å². The fraction of sp³-hybridized carbons (Fsp3) is 0.429. The number of nitrogens with one attached hydrogen (secondary N) is 1. The zero-order valence-electron chi connectivity index (χ0n) is 15.9. The third kappa shape index (κ3) is 5.12. The van der Waals surface area contributed by atoms with Crippen LogP contribution in [0.5, 0.6) is 0 Å². The van der Waals surface area contributed by atoms with Crippen LogP contribution in [0.15, 0.2) is 42.6 Å². The summed E-state index contributed by atoms with van der Waals surface area (Å²) in [5.74, 6) is -0.757. The largest absolute Gasteiger partial charge is 0.418 e. The molecule has 0 unspecified atom stereocenters. The second kappa shape index (κ2) is 8.65. The van der Waals surface area contributed by atoms with Crippen molar-refractivity contribution in [2.45, 2.75) is 50.5 Å². The highest BCUT2D eigenvalue weighted by molar-refractivity contribution is 5.79. The number of hydrogen-bond acceptors (Lipinski definition) is 2. The van der Waals surface area contributed by atoms with Crippen LogP contribution >= 0.6 is 0 Å². The molecule has 9 heteroatoms. The molecule has 1 fully saturated rings. The fourth-order valence-corrected chi connectivity index (χ4v) is 3.69. The van der Waals surface area contributed by atoms with Gasteiger partial charge in [0.25, 0.3) is 0 Å². The lowest BCUT2D eigenvalue weighted by molar-refractivity contribution is -0.139. The van der Waals surface area contributed by atoms with Crippen molar-refractivity contribution in [1.29, 1.82) is 0 Å². The van der Waals surface area contributed by atoms with Gasteiger partial charge in [0.2, 0.25) is 5.91 Å². The summed E-state index contributed by atoms with van der Waals surface area (Å²) < 4.78 is 79.3. The van der Waals surface area contributed by atoms with Crippen LogP contribution in [-0.2, 0) is 17.1 Å². The van der Waals surface area contributed by atoms with E-state index >= 15 is 0 Å². The summed E-state index contributed by atoms with van der Waals surface area (Å²) in [4.78, 5) is 16.6. The maximum atomic E-state index is 13.5. The predicted octanol–water partition coefficient (Wildman–Crippen LogP) is 5.91. The summed E-state index contributed by atoms with van der Waals surface area (Å²) in [6, 6.07) is 4.36. The minimum absolute atomic E-state index is 0.0939. The number of amides is 1. The third-order valence-electron chi connectivity index (χ3n) is 5.25. The van der Waals surface area contributed by atoms with E-state index in [0.29, 0.717) is 12.8 Å². The number of nitrogens with zero attached hydrogens (tertiary/aromatic N) is 1. The van der Waals surface area contributed by atoms with E-state index in [9.17, 15) is 31.1 Å². The number of rotatable bonds is 4. The van der Waals surface area contributed by atoms with E-state index in [1.807, 2.05) is 0 Å². The first-order valence-corrected chi connectivity index (χ1v) is 9.57. The first-order valence-electron chi connectivity index (χ1n) is 9.57. The molecule has 1 heterocycles. The molecule has 162 valence electrons. The number of hydrogen-bond donors (Lipinski definition) is 1. The Morgan fingerprint density at radius 3 is 2.13 bits per heavy atom. The summed E-state index contributed by atoms with van der Waals surface area (Å²) in [5, 5.41) is 2.61. The molecule has 1 N–H and O–H groups in total. The average Bonchev–Trinajstić information content (AvgIpc) is 2.71. The van der Waals surface area contributed by atoms with E-state index < -0.39 is 41.1 Å². The van der Waals surface area contributed by atoms with Crippen molar-refractivity contribution >= 4 is 5.91 Å². The molecule has 2 aromatic rings. The summed E-state index contributed by atoms with van der Waals surface area (Å²) in [5.41, 5.74) is -2.33. The van der Waals surface area contributed by atoms with E-state index in [1.54, 1.807) is 0 Å². The van der Waals surface area contributed by atoms with Gasteiger partial charge < -0.3 is 5.32 Å². The Hall–Kier alpha value is -2.58. The predicted molar refractivity (Wildman–Crippen MR) is 97.2 cm³/mol. The average molecular weight is 430 g/mol.